The zero-order valence-corrected chi connectivity index (χ0v) is 18.4. The van der Waals surface area contributed by atoms with Crippen molar-refractivity contribution in [3.8, 4) is 5.75 Å². The van der Waals surface area contributed by atoms with Crippen molar-refractivity contribution < 1.29 is 18.7 Å². The first-order chi connectivity index (χ1) is 15.5. The number of ether oxygens (including phenoxy) is 1. The molecule has 4 rings (SSSR count). The highest BCUT2D eigenvalue weighted by atomic mass is 19.1. The second-order valence-electron chi connectivity index (χ2n) is 8.14. The molecule has 170 valence electrons. The Hall–Kier alpha value is -3.23. The van der Waals surface area contributed by atoms with E-state index in [1.54, 1.807) is 18.9 Å². The van der Waals surface area contributed by atoms with Crippen LogP contribution in [0, 0.1) is 5.82 Å². The minimum atomic E-state index is -0.352. The molecule has 0 saturated carbocycles. The minimum Gasteiger partial charge on any atom is -0.484 e. The Balaban J connectivity index is 1.48. The van der Waals surface area contributed by atoms with E-state index in [-0.39, 0.29) is 30.3 Å². The summed E-state index contributed by atoms with van der Waals surface area (Å²) in [5.41, 5.74) is 1.81. The maximum Gasteiger partial charge on any atom is 0.260 e. The molecule has 0 bridgehead atoms. The lowest BCUT2D eigenvalue weighted by molar-refractivity contribution is -0.134. The van der Waals surface area contributed by atoms with Crippen LogP contribution in [0.3, 0.4) is 0 Å². The molecule has 2 aliphatic heterocycles. The number of carbonyl (C=O) groups is 2. The molecule has 1 atom stereocenters. The molecule has 1 N–H and O–H groups in total. The van der Waals surface area contributed by atoms with Gasteiger partial charge < -0.3 is 19.9 Å². The van der Waals surface area contributed by atoms with Crippen molar-refractivity contribution in [1.82, 2.24) is 19.8 Å². The highest BCUT2D eigenvalue weighted by Gasteiger charge is 2.31. The van der Waals surface area contributed by atoms with Crippen molar-refractivity contribution in [2.24, 2.45) is 0 Å². The predicted molar refractivity (Wildman–Crippen MR) is 117 cm³/mol. The fraction of sp³-hybridized carbons (Fsp3) is 0.478. The molecule has 2 aromatic rings. The molecule has 1 aromatic carbocycles. The van der Waals surface area contributed by atoms with Crippen LogP contribution in [0.5, 0.6) is 5.75 Å². The number of anilines is 1. The van der Waals surface area contributed by atoms with Crippen molar-refractivity contribution in [1.29, 1.82) is 0 Å². The number of hydrogen-bond acceptors (Lipinski definition) is 6. The number of nitrogens with one attached hydrogen (secondary N) is 1. The molecular weight excluding hydrogens is 413 g/mol. The smallest absolute Gasteiger partial charge is 0.260 e. The monoisotopic (exact) mass is 441 g/mol. The quantitative estimate of drug-likeness (QED) is 0.768. The molecule has 9 heteroatoms. The van der Waals surface area contributed by atoms with Gasteiger partial charge in [0.05, 0.1) is 18.3 Å². The van der Waals surface area contributed by atoms with Gasteiger partial charge in [-0.1, -0.05) is 0 Å². The number of fused-ring (bicyclic) bond motifs is 1. The van der Waals surface area contributed by atoms with Gasteiger partial charge in [0.2, 0.25) is 5.91 Å². The Morgan fingerprint density at radius 3 is 2.69 bits per heavy atom. The van der Waals surface area contributed by atoms with Crippen LogP contribution in [-0.4, -0.2) is 58.3 Å². The van der Waals surface area contributed by atoms with E-state index in [1.165, 1.54) is 24.3 Å². The summed E-state index contributed by atoms with van der Waals surface area (Å²) < 4.78 is 18.5. The summed E-state index contributed by atoms with van der Waals surface area (Å²) in [4.78, 5) is 37.9. The van der Waals surface area contributed by atoms with E-state index in [4.69, 9.17) is 14.7 Å². The van der Waals surface area contributed by atoms with Gasteiger partial charge in [-0.25, -0.2) is 14.4 Å². The number of benzene rings is 1. The minimum absolute atomic E-state index is 0.0416. The van der Waals surface area contributed by atoms with Gasteiger partial charge in [0.15, 0.2) is 12.4 Å². The Bertz CT molecular complexity index is 981. The largest absolute Gasteiger partial charge is 0.484 e. The Kier molecular flexibility index (Phi) is 6.53. The average Bonchev–Trinajstić information content (AvgIpc) is 2.82. The van der Waals surface area contributed by atoms with E-state index in [0.717, 1.165) is 37.1 Å². The number of rotatable bonds is 5. The molecule has 1 aromatic heterocycles. The van der Waals surface area contributed by atoms with Crippen molar-refractivity contribution in [2.75, 3.05) is 32.1 Å². The number of likely N-dealkylation sites (tertiary alicyclic amines) is 1. The van der Waals surface area contributed by atoms with E-state index in [9.17, 15) is 14.0 Å². The first-order valence-electron chi connectivity index (χ1n) is 11.0. The van der Waals surface area contributed by atoms with Crippen LogP contribution in [0.25, 0.3) is 0 Å². The van der Waals surface area contributed by atoms with E-state index < -0.39 is 0 Å². The van der Waals surface area contributed by atoms with Crippen molar-refractivity contribution in [3.05, 3.63) is 47.2 Å². The van der Waals surface area contributed by atoms with Crippen LogP contribution in [0.15, 0.2) is 24.3 Å². The summed E-state index contributed by atoms with van der Waals surface area (Å²) in [6.07, 6.45) is 3.50. The zero-order valence-electron chi connectivity index (χ0n) is 18.4. The van der Waals surface area contributed by atoms with Gasteiger partial charge in [-0.15, -0.1) is 0 Å². The molecule has 32 heavy (non-hydrogen) atoms. The van der Waals surface area contributed by atoms with Crippen LogP contribution in [0.4, 0.5) is 10.2 Å². The molecule has 0 aliphatic carbocycles. The summed E-state index contributed by atoms with van der Waals surface area (Å²) in [6, 6.07) is 5.48. The normalized spacial score (nSPS) is 18.2. The molecule has 1 fully saturated rings. The summed E-state index contributed by atoms with van der Waals surface area (Å²) in [5.74, 6) is 1.35. The summed E-state index contributed by atoms with van der Waals surface area (Å²) >= 11 is 0. The molecule has 1 unspecified atom stereocenters. The molecule has 1 saturated heterocycles. The van der Waals surface area contributed by atoms with E-state index in [0.29, 0.717) is 36.9 Å². The summed E-state index contributed by atoms with van der Waals surface area (Å²) in [5, 5.41) is 3.14. The van der Waals surface area contributed by atoms with E-state index in [2.05, 4.69) is 5.32 Å². The van der Waals surface area contributed by atoms with E-state index >= 15 is 0 Å². The van der Waals surface area contributed by atoms with Crippen LogP contribution < -0.4 is 10.1 Å². The second kappa shape index (κ2) is 9.50. The Morgan fingerprint density at radius 1 is 1.19 bits per heavy atom. The van der Waals surface area contributed by atoms with Crippen molar-refractivity contribution in [3.63, 3.8) is 0 Å². The molecule has 8 nitrogen and oxygen atoms in total. The highest BCUT2D eigenvalue weighted by Crippen LogP contribution is 2.32. The third-order valence-electron chi connectivity index (χ3n) is 6.05. The lowest BCUT2D eigenvalue weighted by Crippen LogP contribution is -2.41. The zero-order chi connectivity index (χ0) is 22.7. The van der Waals surface area contributed by atoms with Gasteiger partial charge in [-0.05, 0) is 43.5 Å². The van der Waals surface area contributed by atoms with Crippen LogP contribution in [0.1, 0.15) is 49.3 Å². The summed E-state index contributed by atoms with van der Waals surface area (Å²) in [6.45, 7) is 3.11. The third-order valence-corrected chi connectivity index (χ3v) is 6.05. The first-order valence-corrected chi connectivity index (χ1v) is 11.0. The van der Waals surface area contributed by atoms with E-state index in [1.807, 2.05) is 4.90 Å². The number of hydrogen-bond donors (Lipinski definition) is 1. The molecule has 2 aliphatic rings. The van der Waals surface area contributed by atoms with Crippen LogP contribution in [-0.2, 0) is 22.6 Å². The second-order valence-corrected chi connectivity index (χ2v) is 8.14. The summed E-state index contributed by atoms with van der Waals surface area (Å²) in [7, 11) is 1.80. The number of amides is 2. The topological polar surface area (TPSA) is 87.7 Å². The fourth-order valence-electron chi connectivity index (χ4n) is 4.35. The third kappa shape index (κ3) is 4.66. The number of halogens is 1. The Labute approximate surface area is 186 Å². The maximum absolute atomic E-state index is 13.0. The fourth-order valence-corrected chi connectivity index (χ4v) is 4.35. The maximum atomic E-state index is 13.0. The number of carbonyl (C=O) groups excluding carboxylic acids is 2. The molecule has 0 spiro atoms. The Morgan fingerprint density at radius 2 is 1.97 bits per heavy atom. The molecule has 3 heterocycles. The highest BCUT2D eigenvalue weighted by molar-refractivity contribution is 5.78. The lowest BCUT2D eigenvalue weighted by atomic mass is 10.00. The molecule has 0 radical (unpaired) electrons. The number of nitrogens with zero attached hydrogens (tertiary/aromatic N) is 4. The predicted octanol–water partition coefficient (Wildman–Crippen LogP) is 2.69. The average molecular weight is 442 g/mol. The van der Waals surface area contributed by atoms with Crippen molar-refractivity contribution >= 4 is 17.6 Å². The van der Waals surface area contributed by atoms with Gasteiger partial charge in [0, 0.05) is 39.0 Å². The molecular formula is C23H28FN5O3. The lowest BCUT2D eigenvalue weighted by Gasteiger charge is -2.35. The SMILES string of the molecule is CNc1nc(C2CCCCN2C(C)=O)nc2c1CN(C(=O)COc1ccc(F)cc1)CC2. The first kappa shape index (κ1) is 22.0. The molecule has 2 amide bonds. The number of aromatic nitrogens is 2. The van der Waals surface area contributed by atoms with Gasteiger partial charge in [-0.2, -0.15) is 0 Å². The van der Waals surface area contributed by atoms with Gasteiger partial charge in [0.25, 0.3) is 5.91 Å². The van der Waals surface area contributed by atoms with Gasteiger partial charge in [-0.3, -0.25) is 9.59 Å². The van der Waals surface area contributed by atoms with Crippen LogP contribution in [0.2, 0.25) is 0 Å². The van der Waals surface area contributed by atoms with Gasteiger partial charge in [0.1, 0.15) is 17.4 Å². The van der Waals surface area contributed by atoms with Gasteiger partial charge >= 0.3 is 0 Å². The van der Waals surface area contributed by atoms with Crippen LogP contribution >= 0.6 is 0 Å². The standard InChI is InChI=1S/C23H28FN5O3/c1-15(30)29-11-4-3-5-20(29)23-26-19-10-12-28(13-18(19)22(25-2)27-23)21(31)14-32-17-8-6-16(24)7-9-17/h6-9,20H,3-5,10-14H2,1-2H3,(H,25,26,27). The van der Waals surface area contributed by atoms with Crippen molar-refractivity contribution in [2.45, 2.75) is 45.2 Å². The number of piperidine rings is 1.